The molecule has 0 bridgehead atoms. The summed E-state index contributed by atoms with van der Waals surface area (Å²) in [6.07, 6.45) is 1.59. The zero-order valence-corrected chi connectivity index (χ0v) is 12.7. The van der Waals surface area contributed by atoms with Gasteiger partial charge in [0, 0.05) is 17.9 Å². The van der Waals surface area contributed by atoms with Crippen molar-refractivity contribution in [2.45, 2.75) is 23.6 Å². The fourth-order valence-electron chi connectivity index (χ4n) is 1.69. The van der Waals surface area contributed by atoms with Crippen LogP contribution in [0.1, 0.15) is 18.1 Å². The monoisotopic (exact) mass is 295 g/mol. The smallest absolute Gasteiger partial charge is 0.170 e. The van der Waals surface area contributed by atoms with Crippen LogP contribution in [-0.2, 0) is 12.3 Å². The quantitative estimate of drug-likeness (QED) is 0.796. The Labute approximate surface area is 121 Å². The highest BCUT2D eigenvalue weighted by Crippen LogP contribution is 2.29. The summed E-state index contributed by atoms with van der Waals surface area (Å²) in [5.74, 6) is 1.77. The van der Waals surface area contributed by atoms with Gasteiger partial charge in [-0.25, -0.2) is 4.98 Å². The Hall–Kier alpha value is -1.11. The van der Waals surface area contributed by atoms with Crippen LogP contribution in [0.5, 0.6) is 5.75 Å². The average molecular weight is 295 g/mol. The van der Waals surface area contributed by atoms with Crippen LogP contribution in [0.3, 0.4) is 0 Å². The van der Waals surface area contributed by atoms with Crippen LogP contribution in [0.2, 0.25) is 0 Å². The predicted octanol–water partition coefficient (Wildman–Crippen LogP) is 2.95. The van der Waals surface area contributed by atoms with E-state index in [0.717, 1.165) is 28.9 Å². The number of ether oxygens (including phenoxy) is 1. The van der Waals surface area contributed by atoms with Gasteiger partial charge in [0.2, 0.25) is 0 Å². The highest BCUT2D eigenvalue weighted by molar-refractivity contribution is 8.00. The third-order valence-electron chi connectivity index (χ3n) is 2.62. The van der Waals surface area contributed by atoms with Gasteiger partial charge in [-0.2, -0.15) is 4.37 Å². The molecule has 0 unspecified atom stereocenters. The van der Waals surface area contributed by atoms with Crippen LogP contribution in [-0.4, -0.2) is 23.0 Å². The van der Waals surface area contributed by atoms with Gasteiger partial charge in [-0.1, -0.05) is 24.8 Å². The van der Waals surface area contributed by atoms with Gasteiger partial charge in [0.1, 0.15) is 12.1 Å². The summed E-state index contributed by atoms with van der Waals surface area (Å²) >= 11 is 3.11. The molecule has 102 valence electrons. The normalized spacial score (nSPS) is 10.6. The summed E-state index contributed by atoms with van der Waals surface area (Å²) in [5.41, 5.74) is 2.47. The molecule has 0 atom stereocenters. The molecule has 0 aliphatic carbocycles. The van der Waals surface area contributed by atoms with E-state index in [2.05, 4.69) is 33.7 Å². The number of benzene rings is 1. The number of aromatic nitrogens is 2. The van der Waals surface area contributed by atoms with Crippen molar-refractivity contribution in [1.29, 1.82) is 0 Å². The molecule has 1 aromatic carbocycles. The van der Waals surface area contributed by atoms with E-state index >= 15 is 0 Å². The van der Waals surface area contributed by atoms with Crippen LogP contribution in [0.25, 0.3) is 0 Å². The highest BCUT2D eigenvalue weighted by atomic mass is 32.2. The van der Waals surface area contributed by atoms with E-state index in [-0.39, 0.29) is 0 Å². The van der Waals surface area contributed by atoms with Gasteiger partial charge in [0.05, 0.1) is 7.11 Å². The van der Waals surface area contributed by atoms with Crippen molar-refractivity contribution in [3.05, 3.63) is 35.7 Å². The Bertz CT molecular complexity index is 503. The summed E-state index contributed by atoms with van der Waals surface area (Å²) in [6.45, 7) is 3.97. The maximum absolute atomic E-state index is 5.41. The fourth-order valence-corrected chi connectivity index (χ4v) is 3.11. The molecule has 0 fully saturated rings. The largest absolute Gasteiger partial charge is 0.496 e. The number of thioether (sulfide) groups is 1. The van der Waals surface area contributed by atoms with Gasteiger partial charge in [0.25, 0.3) is 0 Å². The first-order valence-electron chi connectivity index (χ1n) is 6.09. The molecule has 1 aromatic heterocycles. The Morgan fingerprint density at radius 3 is 3.00 bits per heavy atom. The van der Waals surface area contributed by atoms with Gasteiger partial charge in [0.15, 0.2) is 4.34 Å². The van der Waals surface area contributed by atoms with Crippen LogP contribution in [0, 0.1) is 0 Å². The highest BCUT2D eigenvalue weighted by Gasteiger charge is 2.07. The number of rotatable bonds is 7. The van der Waals surface area contributed by atoms with E-state index < -0.39 is 0 Å². The topological polar surface area (TPSA) is 47.0 Å². The lowest BCUT2D eigenvalue weighted by Crippen LogP contribution is -2.11. The molecule has 2 aromatic rings. The minimum atomic E-state index is 0.846. The molecular formula is C13H17N3OS2. The zero-order valence-electron chi connectivity index (χ0n) is 11.0. The van der Waals surface area contributed by atoms with Gasteiger partial charge >= 0.3 is 0 Å². The second-order valence-corrected chi connectivity index (χ2v) is 5.92. The number of hydrogen-bond donors (Lipinski definition) is 1. The molecule has 0 saturated carbocycles. The number of hydrogen-bond acceptors (Lipinski definition) is 6. The molecule has 4 nitrogen and oxygen atoms in total. The van der Waals surface area contributed by atoms with Crippen LogP contribution >= 0.6 is 23.3 Å². The van der Waals surface area contributed by atoms with Crippen LogP contribution in [0.15, 0.2) is 28.9 Å². The van der Waals surface area contributed by atoms with Crippen molar-refractivity contribution in [3.63, 3.8) is 0 Å². The number of nitrogens with one attached hydrogen (secondary N) is 1. The maximum Gasteiger partial charge on any atom is 0.170 e. The molecule has 1 N–H and O–H groups in total. The van der Waals surface area contributed by atoms with Crippen molar-refractivity contribution in [3.8, 4) is 5.75 Å². The first-order chi connectivity index (χ1) is 9.33. The molecule has 0 radical (unpaired) electrons. The Morgan fingerprint density at radius 2 is 2.32 bits per heavy atom. The minimum Gasteiger partial charge on any atom is -0.496 e. The van der Waals surface area contributed by atoms with Crippen molar-refractivity contribution in [1.82, 2.24) is 14.7 Å². The lowest BCUT2D eigenvalue weighted by Gasteiger charge is -2.10. The standard InChI is InChI=1S/C13H17N3OS2/c1-3-14-7-10-4-5-12(17-2)11(6-10)8-18-13-15-9-16-19-13/h4-6,9,14H,3,7-8H2,1-2H3. The maximum atomic E-state index is 5.41. The molecule has 6 heteroatoms. The molecule has 0 aliphatic heterocycles. The van der Waals surface area contributed by atoms with Gasteiger partial charge in [-0.15, -0.1) is 0 Å². The SMILES string of the molecule is CCNCc1ccc(OC)c(CSc2ncns2)c1. The second kappa shape index (κ2) is 7.47. The van der Waals surface area contributed by atoms with Gasteiger partial charge in [-0.3, -0.25) is 0 Å². The second-order valence-electron chi connectivity index (χ2n) is 3.92. The third kappa shape index (κ3) is 4.19. The Balaban J connectivity index is 2.07. The first-order valence-corrected chi connectivity index (χ1v) is 7.85. The molecule has 0 aliphatic rings. The summed E-state index contributed by atoms with van der Waals surface area (Å²) in [5, 5.41) is 3.33. The lowest BCUT2D eigenvalue weighted by molar-refractivity contribution is 0.411. The molecule has 0 saturated heterocycles. The van der Waals surface area contributed by atoms with Crippen LogP contribution < -0.4 is 10.1 Å². The summed E-state index contributed by atoms with van der Waals surface area (Å²) in [4.78, 5) is 4.18. The third-order valence-corrected chi connectivity index (χ3v) is 4.46. The molecule has 0 amide bonds. The Kier molecular flexibility index (Phi) is 5.62. The van der Waals surface area contributed by atoms with Crippen molar-refractivity contribution < 1.29 is 4.74 Å². The van der Waals surface area contributed by atoms with E-state index in [4.69, 9.17) is 4.74 Å². The van der Waals surface area contributed by atoms with E-state index in [9.17, 15) is 0 Å². The molecule has 1 heterocycles. The molecular weight excluding hydrogens is 278 g/mol. The van der Waals surface area contributed by atoms with Gasteiger partial charge < -0.3 is 10.1 Å². The first kappa shape index (κ1) is 14.3. The summed E-state index contributed by atoms with van der Waals surface area (Å²) in [6, 6.07) is 6.32. The fraction of sp³-hybridized carbons (Fsp3) is 0.385. The van der Waals surface area contributed by atoms with Gasteiger partial charge in [-0.05, 0) is 35.8 Å². The Morgan fingerprint density at radius 1 is 1.42 bits per heavy atom. The van der Waals surface area contributed by atoms with E-state index in [1.165, 1.54) is 22.7 Å². The van der Waals surface area contributed by atoms with Crippen molar-refractivity contribution >= 4 is 23.3 Å². The number of nitrogens with zero attached hydrogens (tertiary/aromatic N) is 2. The van der Waals surface area contributed by atoms with Crippen molar-refractivity contribution in [2.75, 3.05) is 13.7 Å². The van der Waals surface area contributed by atoms with E-state index in [1.807, 2.05) is 6.07 Å². The average Bonchev–Trinajstić information content (AvgIpc) is 2.96. The minimum absolute atomic E-state index is 0.846. The summed E-state index contributed by atoms with van der Waals surface area (Å²) in [7, 11) is 1.71. The zero-order chi connectivity index (χ0) is 13.5. The van der Waals surface area contributed by atoms with Crippen LogP contribution in [0.4, 0.5) is 0 Å². The molecule has 2 rings (SSSR count). The summed E-state index contributed by atoms with van der Waals surface area (Å²) < 4.78 is 10.4. The van der Waals surface area contributed by atoms with Crippen molar-refractivity contribution in [2.24, 2.45) is 0 Å². The number of methoxy groups -OCH3 is 1. The lowest BCUT2D eigenvalue weighted by atomic mass is 10.1. The van der Waals surface area contributed by atoms with E-state index in [1.54, 1.807) is 25.2 Å². The van der Waals surface area contributed by atoms with E-state index in [0.29, 0.717) is 0 Å². The predicted molar refractivity (Wildman–Crippen MR) is 79.8 cm³/mol. The molecule has 0 spiro atoms. The molecule has 19 heavy (non-hydrogen) atoms.